The van der Waals surface area contributed by atoms with Crippen LogP contribution in [0.1, 0.15) is 13.8 Å². The molecule has 12 heavy (non-hydrogen) atoms. The lowest BCUT2D eigenvalue weighted by molar-refractivity contribution is -0.121. The molecule has 1 amide bonds. The Hall–Kier alpha value is -0.870. The van der Waals surface area contributed by atoms with Gasteiger partial charge in [-0.25, -0.2) is 0 Å². The maximum Gasteiger partial charge on any atom is 0.248 e. The van der Waals surface area contributed by atoms with E-state index in [-0.39, 0.29) is 25.3 Å². The van der Waals surface area contributed by atoms with E-state index in [4.69, 9.17) is 9.84 Å². The van der Waals surface area contributed by atoms with Gasteiger partial charge in [-0.15, -0.1) is 0 Å². The highest BCUT2D eigenvalue weighted by molar-refractivity contribution is 5.92. The van der Waals surface area contributed by atoms with Crippen LogP contribution in [0.4, 0.5) is 0 Å². The summed E-state index contributed by atoms with van der Waals surface area (Å²) < 4.78 is 4.99. The van der Waals surface area contributed by atoms with Crippen LogP contribution in [-0.2, 0) is 9.53 Å². The molecule has 0 rings (SSSR count). The summed E-state index contributed by atoms with van der Waals surface area (Å²) in [6.45, 7) is 6.95. The van der Waals surface area contributed by atoms with E-state index in [0.29, 0.717) is 5.57 Å². The zero-order valence-electron chi connectivity index (χ0n) is 7.46. The van der Waals surface area contributed by atoms with Crippen LogP contribution >= 0.6 is 0 Å². The van der Waals surface area contributed by atoms with E-state index in [1.54, 1.807) is 13.8 Å². The molecule has 2 N–H and O–H groups in total. The Balaban J connectivity index is 3.61. The van der Waals surface area contributed by atoms with Gasteiger partial charge < -0.3 is 15.2 Å². The van der Waals surface area contributed by atoms with Crippen molar-refractivity contribution in [1.29, 1.82) is 0 Å². The van der Waals surface area contributed by atoms with Gasteiger partial charge in [0.1, 0.15) is 6.23 Å². The second-order valence-electron chi connectivity index (χ2n) is 2.49. The van der Waals surface area contributed by atoms with Crippen molar-refractivity contribution in [3.05, 3.63) is 12.2 Å². The van der Waals surface area contributed by atoms with Gasteiger partial charge in [0.2, 0.25) is 5.91 Å². The molecule has 0 spiro atoms. The van der Waals surface area contributed by atoms with Crippen LogP contribution < -0.4 is 5.32 Å². The summed E-state index contributed by atoms with van der Waals surface area (Å²) in [6.07, 6.45) is -0.388. The predicted molar refractivity (Wildman–Crippen MR) is 45.5 cm³/mol. The van der Waals surface area contributed by atoms with E-state index >= 15 is 0 Å². The molecular formula is C8H15NO3. The van der Waals surface area contributed by atoms with Gasteiger partial charge in [0.05, 0.1) is 13.2 Å². The molecule has 0 saturated carbocycles. The summed E-state index contributed by atoms with van der Waals surface area (Å²) in [5, 5.41) is 10.9. The molecule has 0 heterocycles. The van der Waals surface area contributed by atoms with Crippen molar-refractivity contribution >= 4 is 5.91 Å². The number of amides is 1. The number of hydrogen-bond acceptors (Lipinski definition) is 3. The zero-order chi connectivity index (χ0) is 9.56. The number of carbonyl (C=O) groups excluding carboxylic acids is 1. The summed E-state index contributed by atoms with van der Waals surface area (Å²) >= 11 is 0. The zero-order valence-corrected chi connectivity index (χ0v) is 7.46. The fourth-order valence-electron chi connectivity index (χ4n) is 0.579. The smallest absolute Gasteiger partial charge is 0.248 e. The minimum atomic E-state index is -0.388. The first-order chi connectivity index (χ1) is 5.57. The second-order valence-corrected chi connectivity index (χ2v) is 2.49. The van der Waals surface area contributed by atoms with Crippen LogP contribution in [0.3, 0.4) is 0 Å². The molecule has 0 aliphatic carbocycles. The highest BCUT2D eigenvalue weighted by Gasteiger charge is 2.06. The second kappa shape index (κ2) is 5.74. The first-order valence-corrected chi connectivity index (χ1v) is 3.76. The van der Waals surface area contributed by atoms with Crippen molar-refractivity contribution in [2.75, 3.05) is 13.2 Å². The Morgan fingerprint density at radius 1 is 1.75 bits per heavy atom. The maximum atomic E-state index is 11.0. The largest absolute Gasteiger partial charge is 0.394 e. The third-order valence-electron chi connectivity index (χ3n) is 1.18. The van der Waals surface area contributed by atoms with E-state index in [9.17, 15) is 4.79 Å². The van der Waals surface area contributed by atoms with E-state index < -0.39 is 0 Å². The van der Waals surface area contributed by atoms with Crippen molar-refractivity contribution in [2.24, 2.45) is 0 Å². The van der Waals surface area contributed by atoms with Gasteiger partial charge in [-0.2, -0.15) is 0 Å². The van der Waals surface area contributed by atoms with Crippen LogP contribution in [0.15, 0.2) is 12.2 Å². The minimum Gasteiger partial charge on any atom is -0.394 e. The van der Waals surface area contributed by atoms with Gasteiger partial charge >= 0.3 is 0 Å². The Morgan fingerprint density at radius 3 is 2.75 bits per heavy atom. The normalized spacial score (nSPS) is 12.2. The molecular weight excluding hydrogens is 158 g/mol. The summed E-state index contributed by atoms with van der Waals surface area (Å²) in [7, 11) is 0. The summed E-state index contributed by atoms with van der Waals surface area (Å²) in [5.74, 6) is -0.236. The number of aliphatic hydroxyl groups excluding tert-OH is 1. The molecule has 4 nitrogen and oxygen atoms in total. The first kappa shape index (κ1) is 11.1. The van der Waals surface area contributed by atoms with E-state index in [1.165, 1.54) is 0 Å². The number of aliphatic hydroxyl groups is 1. The molecule has 0 aromatic heterocycles. The fraction of sp³-hybridized carbons (Fsp3) is 0.625. The van der Waals surface area contributed by atoms with Gasteiger partial charge in [-0.1, -0.05) is 6.58 Å². The molecule has 70 valence electrons. The molecule has 1 unspecified atom stereocenters. The SMILES string of the molecule is C=C(C)C(=O)NC(C)OCCO. The van der Waals surface area contributed by atoms with Gasteiger partial charge in [-0.3, -0.25) is 4.79 Å². The number of ether oxygens (including phenoxy) is 1. The van der Waals surface area contributed by atoms with Crippen molar-refractivity contribution in [3.63, 3.8) is 0 Å². The summed E-state index contributed by atoms with van der Waals surface area (Å²) in [6, 6.07) is 0. The Bertz CT molecular complexity index is 168. The fourth-order valence-corrected chi connectivity index (χ4v) is 0.579. The predicted octanol–water partition coefficient (Wildman–Crippen LogP) is 0.0336. The van der Waals surface area contributed by atoms with E-state index in [0.717, 1.165) is 0 Å². The van der Waals surface area contributed by atoms with Crippen LogP contribution in [0.25, 0.3) is 0 Å². The summed E-state index contributed by atoms with van der Waals surface area (Å²) in [5.41, 5.74) is 0.439. The molecule has 0 aliphatic rings. The Morgan fingerprint density at radius 2 is 2.33 bits per heavy atom. The average molecular weight is 173 g/mol. The van der Waals surface area contributed by atoms with Crippen LogP contribution in [0.5, 0.6) is 0 Å². The molecule has 0 saturated heterocycles. The molecule has 1 atom stereocenters. The highest BCUT2D eigenvalue weighted by atomic mass is 16.5. The highest BCUT2D eigenvalue weighted by Crippen LogP contribution is 1.90. The third-order valence-corrected chi connectivity index (χ3v) is 1.18. The molecule has 4 heteroatoms. The Labute approximate surface area is 72.2 Å². The molecule has 0 fully saturated rings. The van der Waals surface area contributed by atoms with Gasteiger partial charge in [-0.05, 0) is 13.8 Å². The molecule has 0 bridgehead atoms. The standard InChI is InChI=1S/C8H15NO3/c1-6(2)8(11)9-7(3)12-5-4-10/h7,10H,1,4-5H2,2-3H3,(H,9,11). The molecule has 0 aliphatic heterocycles. The van der Waals surface area contributed by atoms with E-state index in [2.05, 4.69) is 11.9 Å². The van der Waals surface area contributed by atoms with Crippen LogP contribution in [-0.4, -0.2) is 30.5 Å². The topological polar surface area (TPSA) is 58.6 Å². The minimum absolute atomic E-state index is 0.0483. The maximum absolute atomic E-state index is 11.0. The summed E-state index contributed by atoms with van der Waals surface area (Å²) in [4.78, 5) is 11.0. The van der Waals surface area contributed by atoms with Crippen LogP contribution in [0, 0.1) is 0 Å². The average Bonchev–Trinajstić information content (AvgIpc) is 2.00. The lowest BCUT2D eigenvalue weighted by Gasteiger charge is -2.13. The van der Waals surface area contributed by atoms with Gasteiger partial charge in [0.25, 0.3) is 0 Å². The molecule has 0 aromatic carbocycles. The third kappa shape index (κ3) is 4.87. The van der Waals surface area contributed by atoms with Crippen molar-refractivity contribution in [1.82, 2.24) is 5.32 Å². The van der Waals surface area contributed by atoms with Crippen molar-refractivity contribution in [3.8, 4) is 0 Å². The monoisotopic (exact) mass is 173 g/mol. The van der Waals surface area contributed by atoms with Crippen molar-refractivity contribution in [2.45, 2.75) is 20.1 Å². The lowest BCUT2D eigenvalue weighted by Crippen LogP contribution is -2.35. The quantitative estimate of drug-likeness (QED) is 0.455. The Kier molecular flexibility index (Phi) is 5.32. The lowest BCUT2D eigenvalue weighted by atomic mass is 10.3. The van der Waals surface area contributed by atoms with Crippen LogP contribution in [0.2, 0.25) is 0 Å². The number of carbonyl (C=O) groups is 1. The number of nitrogens with one attached hydrogen (secondary N) is 1. The van der Waals surface area contributed by atoms with Gasteiger partial charge in [0, 0.05) is 5.57 Å². The van der Waals surface area contributed by atoms with Crippen molar-refractivity contribution < 1.29 is 14.6 Å². The number of rotatable bonds is 5. The van der Waals surface area contributed by atoms with E-state index in [1.807, 2.05) is 0 Å². The first-order valence-electron chi connectivity index (χ1n) is 3.76. The number of hydrogen-bond donors (Lipinski definition) is 2. The molecule has 0 aromatic rings. The molecule has 0 radical (unpaired) electrons. The van der Waals surface area contributed by atoms with Gasteiger partial charge in [0.15, 0.2) is 0 Å².